The number of nitrogens with two attached hydrogens (primary N) is 1. The standard InChI is InChI=1S/C8H13N3/c1-5-7(4-9)11-8(10-5)6-2-3-6/h6H,2-4,9H2,1H3,(H,10,11). The van der Waals surface area contributed by atoms with E-state index in [2.05, 4.69) is 9.97 Å². The van der Waals surface area contributed by atoms with Crippen LogP contribution in [-0.4, -0.2) is 9.97 Å². The summed E-state index contributed by atoms with van der Waals surface area (Å²) in [5, 5.41) is 0. The largest absolute Gasteiger partial charge is 0.346 e. The zero-order valence-electron chi connectivity index (χ0n) is 6.72. The van der Waals surface area contributed by atoms with Crippen LogP contribution >= 0.6 is 0 Å². The van der Waals surface area contributed by atoms with Crippen molar-refractivity contribution in [2.75, 3.05) is 0 Å². The number of nitrogens with one attached hydrogen (secondary N) is 1. The van der Waals surface area contributed by atoms with Gasteiger partial charge in [0.25, 0.3) is 0 Å². The molecule has 0 aliphatic heterocycles. The minimum absolute atomic E-state index is 0.551. The van der Waals surface area contributed by atoms with Gasteiger partial charge in [-0.3, -0.25) is 0 Å². The SMILES string of the molecule is Cc1[nH]c(C2CC2)nc1CN. The summed E-state index contributed by atoms with van der Waals surface area (Å²) < 4.78 is 0. The zero-order valence-corrected chi connectivity index (χ0v) is 6.72. The average Bonchev–Trinajstić information content (AvgIpc) is 2.76. The summed E-state index contributed by atoms with van der Waals surface area (Å²) in [5.41, 5.74) is 7.66. The Bertz CT molecular complexity index is 260. The molecule has 1 aromatic heterocycles. The highest BCUT2D eigenvalue weighted by Crippen LogP contribution is 2.38. The summed E-state index contributed by atoms with van der Waals surface area (Å²) in [5.74, 6) is 1.84. The van der Waals surface area contributed by atoms with E-state index in [0.717, 1.165) is 17.2 Å². The Morgan fingerprint density at radius 1 is 1.64 bits per heavy atom. The first-order chi connectivity index (χ1) is 5.31. The fraction of sp³-hybridized carbons (Fsp3) is 0.625. The summed E-state index contributed by atoms with van der Waals surface area (Å²) in [7, 11) is 0. The van der Waals surface area contributed by atoms with E-state index in [1.165, 1.54) is 12.8 Å². The van der Waals surface area contributed by atoms with Gasteiger partial charge in [-0.25, -0.2) is 4.98 Å². The van der Waals surface area contributed by atoms with Crippen LogP contribution in [0.4, 0.5) is 0 Å². The third-order valence-corrected chi connectivity index (χ3v) is 2.16. The molecular weight excluding hydrogens is 138 g/mol. The van der Waals surface area contributed by atoms with E-state index in [1.54, 1.807) is 0 Å². The lowest BCUT2D eigenvalue weighted by Gasteiger charge is -1.86. The summed E-state index contributed by atoms with van der Waals surface area (Å²) in [4.78, 5) is 7.68. The molecular formula is C8H13N3. The molecule has 0 bridgehead atoms. The number of rotatable bonds is 2. The number of hydrogen-bond donors (Lipinski definition) is 2. The maximum absolute atomic E-state index is 5.50. The molecule has 11 heavy (non-hydrogen) atoms. The van der Waals surface area contributed by atoms with Gasteiger partial charge in [-0.15, -0.1) is 0 Å². The summed E-state index contributed by atoms with van der Waals surface area (Å²) in [6.07, 6.45) is 2.58. The molecule has 0 unspecified atom stereocenters. The molecule has 1 aromatic rings. The smallest absolute Gasteiger partial charge is 0.109 e. The maximum Gasteiger partial charge on any atom is 0.109 e. The minimum atomic E-state index is 0.551. The first kappa shape index (κ1) is 6.85. The fourth-order valence-electron chi connectivity index (χ4n) is 1.27. The van der Waals surface area contributed by atoms with Crippen molar-refractivity contribution >= 4 is 0 Å². The van der Waals surface area contributed by atoms with Gasteiger partial charge in [0.15, 0.2) is 0 Å². The van der Waals surface area contributed by atoms with Gasteiger partial charge in [0.2, 0.25) is 0 Å². The summed E-state index contributed by atoms with van der Waals surface area (Å²) >= 11 is 0. The van der Waals surface area contributed by atoms with Gasteiger partial charge in [0.1, 0.15) is 5.82 Å². The molecule has 1 aliphatic rings. The number of nitrogens with zero attached hydrogens (tertiary/aromatic N) is 1. The molecule has 2 rings (SSSR count). The lowest BCUT2D eigenvalue weighted by Crippen LogP contribution is -1.98. The van der Waals surface area contributed by atoms with Gasteiger partial charge in [-0.1, -0.05) is 0 Å². The normalized spacial score (nSPS) is 17.3. The van der Waals surface area contributed by atoms with E-state index in [0.29, 0.717) is 12.5 Å². The molecule has 1 fully saturated rings. The molecule has 1 heterocycles. The Kier molecular flexibility index (Phi) is 1.46. The highest BCUT2D eigenvalue weighted by atomic mass is 15.0. The van der Waals surface area contributed by atoms with Gasteiger partial charge in [0, 0.05) is 18.2 Å². The highest BCUT2D eigenvalue weighted by Gasteiger charge is 2.26. The van der Waals surface area contributed by atoms with Crippen LogP contribution in [0.15, 0.2) is 0 Å². The first-order valence-corrected chi connectivity index (χ1v) is 4.06. The topological polar surface area (TPSA) is 54.7 Å². The van der Waals surface area contributed by atoms with E-state index in [-0.39, 0.29) is 0 Å². The van der Waals surface area contributed by atoms with Gasteiger partial charge in [-0.2, -0.15) is 0 Å². The number of imidazole rings is 1. The third-order valence-electron chi connectivity index (χ3n) is 2.16. The Hall–Kier alpha value is -0.830. The van der Waals surface area contributed by atoms with E-state index >= 15 is 0 Å². The fourth-order valence-corrected chi connectivity index (χ4v) is 1.27. The molecule has 0 saturated heterocycles. The number of H-pyrrole nitrogens is 1. The predicted molar refractivity (Wildman–Crippen MR) is 43.2 cm³/mol. The van der Waals surface area contributed by atoms with Crippen LogP contribution in [0.25, 0.3) is 0 Å². The molecule has 0 amide bonds. The van der Waals surface area contributed by atoms with Gasteiger partial charge in [0.05, 0.1) is 5.69 Å². The molecule has 1 aliphatic carbocycles. The van der Waals surface area contributed by atoms with Crippen LogP contribution in [-0.2, 0) is 6.54 Å². The molecule has 3 heteroatoms. The Morgan fingerprint density at radius 3 is 2.82 bits per heavy atom. The van der Waals surface area contributed by atoms with Gasteiger partial charge >= 0.3 is 0 Å². The Morgan fingerprint density at radius 2 is 2.36 bits per heavy atom. The molecule has 3 nitrogen and oxygen atoms in total. The Labute approximate surface area is 66.0 Å². The van der Waals surface area contributed by atoms with Crippen molar-refractivity contribution in [1.29, 1.82) is 0 Å². The van der Waals surface area contributed by atoms with Crippen molar-refractivity contribution in [2.45, 2.75) is 32.2 Å². The van der Waals surface area contributed by atoms with E-state index in [1.807, 2.05) is 6.92 Å². The second-order valence-corrected chi connectivity index (χ2v) is 3.17. The lowest BCUT2D eigenvalue weighted by atomic mass is 10.3. The molecule has 3 N–H and O–H groups in total. The van der Waals surface area contributed by atoms with Crippen molar-refractivity contribution in [2.24, 2.45) is 5.73 Å². The van der Waals surface area contributed by atoms with Crippen LogP contribution in [0.2, 0.25) is 0 Å². The lowest BCUT2D eigenvalue weighted by molar-refractivity contribution is 0.940. The van der Waals surface area contributed by atoms with Crippen molar-refractivity contribution in [1.82, 2.24) is 9.97 Å². The number of aromatic nitrogens is 2. The highest BCUT2D eigenvalue weighted by molar-refractivity contribution is 5.17. The van der Waals surface area contributed by atoms with Crippen molar-refractivity contribution in [3.8, 4) is 0 Å². The minimum Gasteiger partial charge on any atom is -0.346 e. The summed E-state index contributed by atoms with van der Waals surface area (Å²) in [6, 6.07) is 0. The van der Waals surface area contributed by atoms with Crippen LogP contribution in [0.3, 0.4) is 0 Å². The first-order valence-electron chi connectivity index (χ1n) is 4.06. The number of hydrogen-bond acceptors (Lipinski definition) is 2. The van der Waals surface area contributed by atoms with E-state index in [4.69, 9.17) is 5.73 Å². The van der Waals surface area contributed by atoms with E-state index in [9.17, 15) is 0 Å². The second-order valence-electron chi connectivity index (χ2n) is 3.17. The van der Waals surface area contributed by atoms with Crippen LogP contribution in [0.1, 0.15) is 36.0 Å². The summed E-state index contributed by atoms with van der Waals surface area (Å²) in [6.45, 7) is 2.58. The van der Waals surface area contributed by atoms with Crippen molar-refractivity contribution in [3.05, 3.63) is 17.2 Å². The molecule has 0 radical (unpaired) electrons. The maximum atomic E-state index is 5.50. The quantitative estimate of drug-likeness (QED) is 0.664. The van der Waals surface area contributed by atoms with E-state index < -0.39 is 0 Å². The average molecular weight is 151 g/mol. The monoisotopic (exact) mass is 151 g/mol. The van der Waals surface area contributed by atoms with Crippen molar-refractivity contribution in [3.63, 3.8) is 0 Å². The van der Waals surface area contributed by atoms with Crippen molar-refractivity contribution < 1.29 is 0 Å². The third kappa shape index (κ3) is 1.16. The Balaban J connectivity index is 2.28. The molecule has 0 atom stereocenters. The molecule has 1 saturated carbocycles. The van der Waals surface area contributed by atoms with Crippen LogP contribution in [0, 0.1) is 6.92 Å². The molecule has 60 valence electrons. The molecule has 0 aromatic carbocycles. The number of aromatic amines is 1. The second kappa shape index (κ2) is 2.34. The van der Waals surface area contributed by atoms with Crippen LogP contribution < -0.4 is 5.73 Å². The zero-order chi connectivity index (χ0) is 7.84. The predicted octanol–water partition coefficient (Wildman–Crippen LogP) is 1.05. The van der Waals surface area contributed by atoms with Gasteiger partial charge in [-0.05, 0) is 19.8 Å². The van der Waals surface area contributed by atoms with Crippen LogP contribution in [0.5, 0.6) is 0 Å². The number of aryl methyl sites for hydroxylation is 1. The van der Waals surface area contributed by atoms with Gasteiger partial charge < -0.3 is 10.7 Å². The molecule has 0 spiro atoms.